The molecule has 0 fully saturated rings. The Morgan fingerprint density at radius 3 is 3.20 bits per heavy atom. The number of aliphatic hydroxyl groups is 1. The second kappa shape index (κ2) is 4.79. The predicted molar refractivity (Wildman–Crippen MR) is 64.8 cm³/mol. The van der Waals surface area contributed by atoms with Crippen molar-refractivity contribution >= 4 is 39.7 Å². The number of aliphatic hydroxyl groups excluding tert-OH is 1. The number of benzene rings is 1. The van der Waals surface area contributed by atoms with Crippen LogP contribution in [0.5, 0.6) is 0 Å². The van der Waals surface area contributed by atoms with Crippen molar-refractivity contribution in [3.05, 3.63) is 23.6 Å². The van der Waals surface area contributed by atoms with Crippen LogP contribution in [0.25, 0.3) is 10.9 Å². The first-order chi connectivity index (χ1) is 7.29. The van der Waals surface area contributed by atoms with Crippen molar-refractivity contribution in [1.29, 1.82) is 0 Å². The molecule has 2 rings (SSSR count). The van der Waals surface area contributed by atoms with Crippen LogP contribution in [0, 0.1) is 0 Å². The van der Waals surface area contributed by atoms with E-state index in [2.05, 4.69) is 9.69 Å². The standard InChI is InChI=1S/C10H11ClN2OS/c11-4-9(14)5-12-8-1-2-10-7(3-8)6-15-13-10/h1-3,6,9,12,14H,4-5H2. The van der Waals surface area contributed by atoms with Crippen LogP contribution in [0.1, 0.15) is 0 Å². The van der Waals surface area contributed by atoms with Gasteiger partial charge < -0.3 is 10.4 Å². The lowest BCUT2D eigenvalue weighted by molar-refractivity contribution is 0.211. The first-order valence-corrected chi connectivity index (χ1v) is 5.99. The summed E-state index contributed by atoms with van der Waals surface area (Å²) in [5, 5.41) is 15.5. The van der Waals surface area contributed by atoms with E-state index in [1.54, 1.807) is 0 Å². The van der Waals surface area contributed by atoms with E-state index in [1.807, 2.05) is 23.6 Å². The molecule has 0 aliphatic heterocycles. The molecule has 0 bridgehead atoms. The van der Waals surface area contributed by atoms with Gasteiger partial charge in [-0.2, -0.15) is 4.37 Å². The third-order valence-electron chi connectivity index (χ3n) is 2.08. The van der Waals surface area contributed by atoms with Gasteiger partial charge in [0, 0.05) is 23.0 Å². The molecule has 1 aromatic heterocycles. The fraction of sp³-hybridized carbons (Fsp3) is 0.300. The molecule has 2 N–H and O–H groups in total. The van der Waals surface area contributed by atoms with Gasteiger partial charge in [-0.05, 0) is 29.7 Å². The van der Waals surface area contributed by atoms with E-state index in [1.165, 1.54) is 11.5 Å². The Bertz CT molecular complexity index is 446. The Balaban J connectivity index is 2.08. The summed E-state index contributed by atoms with van der Waals surface area (Å²) in [6.07, 6.45) is -0.511. The van der Waals surface area contributed by atoms with Crippen LogP contribution >= 0.6 is 23.1 Å². The fourth-order valence-electron chi connectivity index (χ4n) is 1.27. The molecule has 0 spiro atoms. The van der Waals surface area contributed by atoms with Crippen LogP contribution in [-0.4, -0.2) is 28.0 Å². The van der Waals surface area contributed by atoms with Crippen LogP contribution in [0.3, 0.4) is 0 Å². The molecule has 80 valence electrons. The average Bonchev–Trinajstić information content (AvgIpc) is 2.72. The summed E-state index contributed by atoms with van der Waals surface area (Å²) in [5.41, 5.74) is 1.98. The Labute approximate surface area is 96.9 Å². The van der Waals surface area contributed by atoms with Crippen molar-refractivity contribution in [3.8, 4) is 0 Å². The lowest BCUT2D eigenvalue weighted by Crippen LogP contribution is -2.20. The van der Waals surface area contributed by atoms with Crippen molar-refractivity contribution in [3.63, 3.8) is 0 Å². The van der Waals surface area contributed by atoms with Gasteiger partial charge in [0.2, 0.25) is 0 Å². The highest BCUT2D eigenvalue weighted by Crippen LogP contribution is 2.19. The lowest BCUT2D eigenvalue weighted by atomic mass is 10.2. The number of nitrogens with one attached hydrogen (secondary N) is 1. The molecule has 0 radical (unpaired) electrons. The molecule has 1 atom stereocenters. The third kappa shape index (κ3) is 2.59. The molecule has 1 heterocycles. The van der Waals surface area contributed by atoms with Crippen molar-refractivity contribution in [2.75, 3.05) is 17.7 Å². The van der Waals surface area contributed by atoms with Gasteiger partial charge >= 0.3 is 0 Å². The van der Waals surface area contributed by atoms with Gasteiger partial charge in [-0.3, -0.25) is 0 Å². The van der Waals surface area contributed by atoms with Crippen LogP contribution in [0.4, 0.5) is 5.69 Å². The Hall–Kier alpha value is -0.840. The molecule has 0 aliphatic carbocycles. The van der Waals surface area contributed by atoms with Gasteiger partial charge in [0.05, 0.1) is 17.5 Å². The van der Waals surface area contributed by atoms with Crippen molar-refractivity contribution in [2.24, 2.45) is 0 Å². The molecule has 15 heavy (non-hydrogen) atoms. The van der Waals surface area contributed by atoms with Crippen LogP contribution in [-0.2, 0) is 0 Å². The van der Waals surface area contributed by atoms with Crippen LogP contribution in [0.2, 0.25) is 0 Å². The molecule has 1 aromatic carbocycles. The number of fused-ring (bicyclic) bond motifs is 1. The average molecular weight is 243 g/mol. The van der Waals surface area contributed by atoms with Crippen LogP contribution in [0.15, 0.2) is 23.6 Å². The van der Waals surface area contributed by atoms with Crippen molar-refractivity contribution in [1.82, 2.24) is 4.37 Å². The molecule has 5 heteroatoms. The first-order valence-electron chi connectivity index (χ1n) is 4.61. The largest absolute Gasteiger partial charge is 0.390 e. The maximum Gasteiger partial charge on any atom is 0.0847 e. The number of alkyl halides is 1. The zero-order valence-corrected chi connectivity index (χ0v) is 9.55. The Morgan fingerprint density at radius 1 is 1.53 bits per heavy atom. The molecule has 0 amide bonds. The summed E-state index contributed by atoms with van der Waals surface area (Å²) in [7, 11) is 0. The smallest absolute Gasteiger partial charge is 0.0847 e. The minimum Gasteiger partial charge on any atom is -0.390 e. The highest BCUT2D eigenvalue weighted by molar-refractivity contribution is 7.04. The van der Waals surface area contributed by atoms with Gasteiger partial charge in [0.15, 0.2) is 0 Å². The Morgan fingerprint density at radius 2 is 2.40 bits per heavy atom. The zero-order chi connectivity index (χ0) is 10.7. The summed E-state index contributed by atoms with van der Waals surface area (Å²) in [6, 6.07) is 5.92. The quantitative estimate of drug-likeness (QED) is 0.809. The van der Waals surface area contributed by atoms with Crippen molar-refractivity contribution in [2.45, 2.75) is 6.10 Å². The second-order valence-corrected chi connectivity index (χ2v) is 4.21. The van der Waals surface area contributed by atoms with E-state index in [0.717, 1.165) is 16.6 Å². The summed E-state index contributed by atoms with van der Waals surface area (Å²) in [4.78, 5) is 0. The topological polar surface area (TPSA) is 45.1 Å². The number of anilines is 1. The summed E-state index contributed by atoms with van der Waals surface area (Å²) in [6.45, 7) is 0.465. The van der Waals surface area contributed by atoms with E-state index in [4.69, 9.17) is 11.6 Å². The minimum absolute atomic E-state index is 0.245. The SMILES string of the molecule is OC(CCl)CNc1ccc2nscc2c1. The van der Waals surface area contributed by atoms with Gasteiger partial charge in [0.25, 0.3) is 0 Å². The summed E-state index contributed by atoms with van der Waals surface area (Å²) < 4.78 is 4.21. The number of hydrogen-bond acceptors (Lipinski definition) is 4. The van der Waals surface area contributed by atoms with Crippen molar-refractivity contribution < 1.29 is 5.11 Å². The molecular weight excluding hydrogens is 232 g/mol. The fourth-order valence-corrected chi connectivity index (χ4v) is 2.02. The first kappa shape index (κ1) is 10.7. The molecule has 1 unspecified atom stereocenters. The maximum atomic E-state index is 9.29. The summed E-state index contributed by atoms with van der Waals surface area (Å²) >= 11 is 6.94. The maximum absolute atomic E-state index is 9.29. The van der Waals surface area contributed by atoms with E-state index in [-0.39, 0.29) is 5.88 Å². The number of halogens is 1. The number of rotatable bonds is 4. The van der Waals surface area contributed by atoms with E-state index < -0.39 is 6.10 Å². The predicted octanol–water partition coefficient (Wildman–Crippen LogP) is 2.31. The van der Waals surface area contributed by atoms with Gasteiger partial charge in [-0.25, -0.2) is 0 Å². The lowest BCUT2D eigenvalue weighted by Gasteiger charge is -2.09. The number of aromatic nitrogens is 1. The minimum atomic E-state index is -0.511. The highest BCUT2D eigenvalue weighted by atomic mass is 35.5. The molecule has 0 saturated heterocycles. The van der Waals surface area contributed by atoms with E-state index in [0.29, 0.717) is 6.54 Å². The second-order valence-electron chi connectivity index (χ2n) is 3.28. The zero-order valence-electron chi connectivity index (χ0n) is 7.98. The number of hydrogen-bond donors (Lipinski definition) is 2. The van der Waals surface area contributed by atoms with Gasteiger partial charge in [-0.15, -0.1) is 11.6 Å². The Kier molecular flexibility index (Phi) is 3.41. The molecule has 0 aliphatic rings. The molecule has 3 nitrogen and oxygen atoms in total. The third-order valence-corrected chi connectivity index (χ3v) is 3.10. The monoisotopic (exact) mass is 242 g/mol. The van der Waals surface area contributed by atoms with E-state index in [9.17, 15) is 5.11 Å². The normalized spacial score (nSPS) is 12.9. The molecule has 2 aromatic rings. The number of nitrogens with zero attached hydrogens (tertiary/aromatic N) is 1. The van der Waals surface area contributed by atoms with Gasteiger partial charge in [-0.1, -0.05) is 0 Å². The molecule has 0 saturated carbocycles. The van der Waals surface area contributed by atoms with Crippen LogP contribution < -0.4 is 5.32 Å². The highest BCUT2D eigenvalue weighted by Gasteiger charge is 2.02. The molecular formula is C10H11ClN2OS. The van der Waals surface area contributed by atoms with E-state index >= 15 is 0 Å². The summed E-state index contributed by atoms with van der Waals surface area (Å²) in [5.74, 6) is 0.245. The van der Waals surface area contributed by atoms with Gasteiger partial charge in [0.1, 0.15) is 0 Å².